The van der Waals surface area contributed by atoms with E-state index in [9.17, 15) is 4.79 Å². The van der Waals surface area contributed by atoms with E-state index in [1.54, 1.807) is 6.20 Å². The van der Waals surface area contributed by atoms with E-state index in [1.807, 2.05) is 42.5 Å². The number of esters is 1. The summed E-state index contributed by atoms with van der Waals surface area (Å²) in [5, 5.41) is 0. The van der Waals surface area contributed by atoms with Gasteiger partial charge in [-0.15, -0.1) is 0 Å². The van der Waals surface area contributed by atoms with E-state index in [2.05, 4.69) is 25.7 Å². The maximum absolute atomic E-state index is 11.3. The highest BCUT2D eigenvalue weighted by Crippen LogP contribution is 2.25. The average Bonchev–Trinajstić information content (AvgIpc) is 2.53. The Morgan fingerprint density at radius 1 is 1.24 bits per heavy atom. The molecule has 0 spiro atoms. The first kappa shape index (κ1) is 15.7. The smallest absolute Gasteiger partial charge is 0.331 e. The SMILES string of the molecule is COC(=O)COC(Cc1cccnc1Br)c1ccccc1. The van der Waals surface area contributed by atoms with Crippen LogP contribution in [0.5, 0.6) is 0 Å². The van der Waals surface area contributed by atoms with Gasteiger partial charge >= 0.3 is 5.97 Å². The summed E-state index contributed by atoms with van der Waals surface area (Å²) in [7, 11) is 1.35. The van der Waals surface area contributed by atoms with Crippen molar-refractivity contribution in [2.45, 2.75) is 12.5 Å². The first-order valence-electron chi connectivity index (χ1n) is 6.53. The number of nitrogens with zero attached hydrogens (tertiary/aromatic N) is 1. The molecule has 5 heteroatoms. The first-order valence-corrected chi connectivity index (χ1v) is 7.32. The van der Waals surface area contributed by atoms with Crippen LogP contribution < -0.4 is 0 Å². The molecule has 1 aromatic carbocycles. The summed E-state index contributed by atoms with van der Waals surface area (Å²) in [6.07, 6.45) is 2.11. The standard InChI is InChI=1S/C16H16BrNO3/c1-20-15(19)11-21-14(12-6-3-2-4-7-12)10-13-8-5-9-18-16(13)17/h2-9,14H,10-11H2,1H3. The zero-order valence-corrected chi connectivity index (χ0v) is 13.2. The topological polar surface area (TPSA) is 48.4 Å². The van der Waals surface area contributed by atoms with Crippen molar-refractivity contribution in [1.29, 1.82) is 0 Å². The predicted molar refractivity (Wildman–Crippen MR) is 82.8 cm³/mol. The fraction of sp³-hybridized carbons (Fsp3) is 0.250. The molecule has 1 atom stereocenters. The Hall–Kier alpha value is -1.72. The van der Waals surface area contributed by atoms with Gasteiger partial charge in [0, 0.05) is 12.6 Å². The van der Waals surface area contributed by atoms with E-state index in [0.717, 1.165) is 15.7 Å². The summed E-state index contributed by atoms with van der Waals surface area (Å²) in [5.74, 6) is -0.388. The largest absolute Gasteiger partial charge is 0.467 e. The molecule has 21 heavy (non-hydrogen) atoms. The van der Waals surface area contributed by atoms with E-state index >= 15 is 0 Å². The number of ether oxygens (including phenoxy) is 2. The number of carbonyl (C=O) groups is 1. The van der Waals surface area contributed by atoms with Crippen molar-refractivity contribution in [3.63, 3.8) is 0 Å². The second-order valence-corrected chi connectivity index (χ2v) is 5.20. The van der Waals surface area contributed by atoms with Crippen molar-refractivity contribution >= 4 is 21.9 Å². The molecule has 0 aliphatic heterocycles. The molecule has 1 unspecified atom stereocenters. The molecule has 1 heterocycles. The Morgan fingerprint density at radius 2 is 2.00 bits per heavy atom. The zero-order chi connectivity index (χ0) is 15.1. The summed E-state index contributed by atoms with van der Waals surface area (Å²) >= 11 is 3.43. The number of benzene rings is 1. The number of carbonyl (C=O) groups excluding carboxylic acids is 1. The van der Waals surface area contributed by atoms with Gasteiger partial charge in [0.05, 0.1) is 13.2 Å². The van der Waals surface area contributed by atoms with E-state index in [1.165, 1.54) is 7.11 Å². The zero-order valence-electron chi connectivity index (χ0n) is 11.7. The molecule has 0 amide bonds. The van der Waals surface area contributed by atoms with Gasteiger partial charge in [-0.3, -0.25) is 0 Å². The van der Waals surface area contributed by atoms with Crippen LogP contribution in [0.15, 0.2) is 53.3 Å². The Balaban J connectivity index is 2.16. The van der Waals surface area contributed by atoms with Crippen LogP contribution in [0.25, 0.3) is 0 Å². The van der Waals surface area contributed by atoms with Gasteiger partial charge in [-0.1, -0.05) is 36.4 Å². The van der Waals surface area contributed by atoms with Crippen molar-refractivity contribution in [2.24, 2.45) is 0 Å². The van der Waals surface area contributed by atoms with Gasteiger partial charge in [0.2, 0.25) is 0 Å². The van der Waals surface area contributed by atoms with E-state index < -0.39 is 0 Å². The van der Waals surface area contributed by atoms with E-state index in [0.29, 0.717) is 6.42 Å². The van der Waals surface area contributed by atoms with Crippen LogP contribution in [-0.2, 0) is 20.7 Å². The normalized spacial score (nSPS) is 11.9. The minimum absolute atomic E-state index is 0.0755. The Kier molecular flexibility index (Phi) is 5.90. The lowest BCUT2D eigenvalue weighted by atomic mass is 10.0. The van der Waals surface area contributed by atoms with E-state index in [-0.39, 0.29) is 18.7 Å². The highest BCUT2D eigenvalue weighted by molar-refractivity contribution is 9.10. The molecule has 0 aliphatic carbocycles. The first-order chi connectivity index (χ1) is 10.2. The van der Waals surface area contributed by atoms with Crippen LogP contribution in [0, 0.1) is 0 Å². The van der Waals surface area contributed by atoms with Crippen molar-refractivity contribution < 1.29 is 14.3 Å². The molecule has 0 N–H and O–H groups in total. The number of pyridine rings is 1. The van der Waals surface area contributed by atoms with Gasteiger partial charge in [-0.25, -0.2) is 9.78 Å². The van der Waals surface area contributed by atoms with Gasteiger partial charge in [0.25, 0.3) is 0 Å². The monoisotopic (exact) mass is 349 g/mol. The van der Waals surface area contributed by atoms with Gasteiger partial charge in [0.1, 0.15) is 11.2 Å². The number of rotatable bonds is 6. The quantitative estimate of drug-likeness (QED) is 0.592. The molecular weight excluding hydrogens is 334 g/mol. The molecule has 2 aromatic rings. The molecule has 0 saturated heterocycles. The van der Waals surface area contributed by atoms with Crippen LogP contribution in [0.2, 0.25) is 0 Å². The average molecular weight is 350 g/mol. The lowest BCUT2D eigenvalue weighted by Crippen LogP contribution is -2.16. The second-order valence-electron chi connectivity index (χ2n) is 4.44. The van der Waals surface area contributed by atoms with Crippen molar-refractivity contribution in [3.05, 3.63) is 64.4 Å². The molecule has 2 rings (SSSR count). The van der Waals surface area contributed by atoms with Gasteiger partial charge in [-0.05, 0) is 33.1 Å². The second kappa shape index (κ2) is 7.90. The predicted octanol–water partition coefficient (Wildman–Crippen LogP) is 3.32. The summed E-state index contributed by atoms with van der Waals surface area (Å²) in [5.41, 5.74) is 2.04. The van der Waals surface area contributed by atoms with E-state index in [4.69, 9.17) is 4.74 Å². The third-order valence-electron chi connectivity index (χ3n) is 3.04. The van der Waals surface area contributed by atoms with Gasteiger partial charge in [-0.2, -0.15) is 0 Å². The molecule has 0 radical (unpaired) electrons. The van der Waals surface area contributed by atoms with Crippen LogP contribution in [0.3, 0.4) is 0 Å². The summed E-state index contributed by atoms with van der Waals surface area (Å²) in [6.45, 7) is -0.0755. The lowest BCUT2D eigenvalue weighted by molar-refractivity contribution is -0.148. The van der Waals surface area contributed by atoms with Crippen LogP contribution in [-0.4, -0.2) is 24.7 Å². The number of methoxy groups -OCH3 is 1. The number of aromatic nitrogens is 1. The Labute approximate surface area is 132 Å². The van der Waals surface area contributed by atoms with Crippen molar-refractivity contribution in [1.82, 2.24) is 4.98 Å². The van der Waals surface area contributed by atoms with Crippen LogP contribution >= 0.6 is 15.9 Å². The molecular formula is C16H16BrNO3. The molecule has 0 bridgehead atoms. The third-order valence-corrected chi connectivity index (χ3v) is 3.76. The molecule has 0 saturated carbocycles. The number of hydrogen-bond donors (Lipinski definition) is 0. The molecule has 1 aromatic heterocycles. The fourth-order valence-electron chi connectivity index (χ4n) is 1.94. The Morgan fingerprint density at radius 3 is 2.67 bits per heavy atom. The number of halogens is 1. The van der Waals surface area contributed by atoms with Crippen LogP contribution in [0.4, 0.5) is 0 Å². The molecule has 0 fully saturated rings. The molecule has 0 aliphatic rings. The minimum Gasteiger partial charge on any atom is -0.467 e. The summed E-state index contributed by atoms with van der Waals surface area (Å²) < 4.78 is 11.1. The maximum atomic E-state index is 11.3. The van der Waals surface area contributed by atoms with Crippen LogP contribution in [0.1, 0.15) is 17.2 Å². The maximum Gasteiger partial charge on any atom is 0.331 e. The third kappa shape index (κ3) is 4.65. The van der Waals surface area contributed by atoms with Crippen molar-refractivity contribution in [3.8, 4) is 0 Å². The van der Waals surface area contributed by atoms with Gasteiger partial charge in [0.15, 0.2) is 0 Å². The Bertz CT molecular complexity index is 589. The van der Waals surface area contributed by atoms with Crippen molar-refractivity contribution in [2.75, 3.05) is 13.7 Å². The molecule has 4 nitrogen and oxygen atoms in total. The number of hydrogen-bond acceptors (Lipinski definition) is 4. The highest BCUT2D eigenvalue weighted by atomic mass is 79.9. The lowest BCUT2D eigenvalue weighted by Gasteiger charge is -2.18. The summed E-state index contributed by atoms with van der Waals surface area (Å²) in [4.78, 5) is 15.5. The summed E-state index contributed by atoms with van der Waals surface area (Å²) in [6, 6.07) is 13.7. The van der Waals surface area contributed by atoms with Gasteiger partial charge < -0.3 is 9.47 Å². The highest BCUT2D eigenvalue weighted by Gasteiger charge is 2.16. The molecule has 110 valence electrons. The fourth-order valence-corrected chi connectivity index (χ4v) is 2.35. The minimum atomic E-state index is -0.388.